The summed E-state index contributed by atoms with van der Waals surface area (Å²) in [5.74, 6) is -1.38. The molecule has 7 heteroatoms. The van der Waals surface area contributed by atoms with Gasteiger partial charge in [-0.05, 0) is 12.1 Å². The van der Waals surface area contributed by atoms with Crippen LogP contribution < -0.4 is 0 Å². The number of pyridine rings is 1. The minimum absolute atomic E-state index is 0.199. The normalized spacial score (nSPS) is 11.7. The van der Waals surface area contributed by atoms with Crippen LogP contribution in [0.25, 0.3) is 10.9 Å². The highest BCUT2D eigenvalue weighted by atomic mass is 32.2. The van der Waals surface area contributed by atoms with Gasteiger partial charge in [0.25, 0.3) is 0 Å². The van der Waals surface area contributed by atoms with Gasteiger partial charge >= 0.3 is 12.1 Å². The van der Waals surface area contributed by atoms with Gasteiger partial charge in [0.1, 0.15) is 5.69 Å². The fourth-order valence-corrected chi connectivity index (χ4v) is 2.35. The second-order valence-corrected chi connectivity index (χ2v) is 4.72. The van der Waals surface area contributed by atoms with Crippen LogP contribution in [0.3, 0.4) is 0 Å². The Morgan fingerprint density at radius 2 is 2.00 bits per heavy atom. The molecule has 0 aliphatic heterocycles. The molecule has 0 aliphatic carbocycles. The van der Waals surface area contributed by atoms with Gasteiger partial charge in [0, 0.05) is 10.3 Å². The Hall–Kier alpha value is -1.76. The average Bonchev–Trinajstić information content (AvgIpc) is 2.34. The minimum atomic E-state index is -4.55. The molecule has 1 heterocycles. The highest BCUT2D eigenvalue weighted by Crippen LogP contribution is 2.34. The molecule has 2 rings (SSSR count). The van der Waals surface area contributed by atoms with Crippen molar-refractivity contribution in [1.29, 1.82) is 0 Å². The quantitative estimate of drug-likeness (QED) is 0.879. The number of halogens is 3. The van der Waals surface area contributed by atoms with Gasteiger partial charge in [0.2, 0.25) is 0 Å². The predicted octanol–water partition coefficient (Wildman–Crippen LogP) is 3.43. The molecule has 0 saturated heterocycles. The number of benzene rings is 1. The summed E-state index contributed by atoms with van der Waals surface area (Å²) >= 11 is 0.849. The number of hydrogen-bond donors (Lipinski definition) is 1. The number of fused-ring (bicyclic) bond motifs is 1. The highest BCUT2D eigenvalue weighted by molar-refractivity contribution is 8.00. The van der Waals surface area contributed by atoms with E-state index in [9.17, 15) is 18.0 Å². The van der Waals surface area contributed by atoms with Crippen LogP contribution in [0.4, 0.5) is 13.2 Å². The SMILES string of the molecule is O=C(O)CSc1cc(C(F)(F)F)nc2ccccc12. The number of carboxylic acid groups (broad SMARTS) is 1. The summed E-state index contributed by atoms with van der Waals surface area (Å²) in [5.41, 5.74) is -0.815. The number of para-hydroxylation sites is 1. The summed E-state index contributed by atoms with van der Waals surface area (Å²) in [6.45, 7) is 0. The van der Waals surface area contributed by atoms with Crippen molar-refractivity contribution in [2.45, 2.75) is 11.1 Å². The number of alkyl halides is 3. The first-order valence-corrected chi connectivity index (χ1v) is 6.18. The van der Waals surface area contributed by atoms with Gasteiger partial charge in [-0.15, -0.1) is 11.8 Å². The zero-order valence-corrected chi connectivity index (χ0v) is 10.3. The molecule has 0 saturated carbocycles. The predicted molar refractivity (Wildman–Crippen MR) is 65.1 cm³/mol. The van der Waals surface area contributed by atoms with Gasteiger partial charge in [0.05, 0.1) is 11.3 Å². The topological polar surface area (TPSA) is 50.2 Å². The van der Waals surface area contributed by atoms with Gasteiger partial charge in [-0.2, -0.15) is 13.2 Å². The lowest BCUT2D eigenvalue weighted by molar-refractivity contribution is -0.141. The number of aliphatic carboxylic acids is 1. The summed E-state index contributed by atoms with van der Waals surface area (Å²) in [5, 5.41) is 9.13. The van der Waals surface area contributed by atoms with Crippen LogP contribution in [-0.2, 0) is 11.0 Å². The maximum absolute atomic E-state index is 12.7. The lowest BCUT2D eigenvalue weighted by Crippen LogP contribution is -2.08. The first-order chi connectivity index (χ1) is 8.88. The van der Waals surface area contributed by atoms with Crippen molar-refractivity contribution in [2.24, 2.45) is 0 Å². The molecule has 0 atom stereocenters. The van der Waals surface area contributed by atoms with E-state index in [-0.39, 0.29) is 16.2 Å². The van der Waals surface area contributed by atoms with Crippen molar-refractivity contribution < 1.29 is 23.1 Å². The van der Waals surface area contributed by atoms with E-state index in [1.807, 2.05) is 0 Å². The maximum atomic E-state index is 12.7. The van der Waals surface area contributed by atoms with Crippen LogP contribution in [0.15, 0.2) is 35.2 Å². The molecule has 0 amide bonds. The zero-order chi connectivity index (χ0) is 14.0. The van der Waals surface area contributed by atoms with Gasteiger partial charge < -0.3 is 5.11 Å². The lowest BCUT2D eigenvalue weighted by Gasteiger charge is -2.10. The number of hydrogen-bond acceptors (Lipinski definition) is 3. The number of thioether (sulfide) groups is 1. The van der Waals surface area contributed by atoms with E-state index in [0.29, 0.717) is 5.39 Å². The lowest BCUT2D eigenvalue weighted by atomic mass is 10.2. The fourth-order valence-electron chi connectivity index (χ4n) is 1.55. The molecule has 1 N–H and O–H groups in total. The van der Waals surface area contributed by atoms with Crippen LogP contribution in [-0.4, -0.2) is 21.8 Å². The van der Waals surface area contributed by atoms with Crippen LogP contribution in [0, 0.1) is 0 Å². The number of nitrogens with zero attached hydrogens (tertiary/aromatic N) is 1. The molecule has 0 aliphatic rings. The van der Waals surface area contributed by atoms with Gasteiger partial charge in [-0.3, -0.25) is 4.79 Å². The molecule has 100 valence electrons. The first kappa shape index (κ1) is 13.7. The Balaban J connectivity index is 2.55. The smallest absolute Gasteiger partial charge is 0.433 e. The Labute approximate surface area is 110 Å². The molecule has 0 unspecified atom stereocenters. The van der Waals surface area contributed by atoms with Crippen molar-refractivity contribution in [3.63, 3.8) is 0 Å². The van der Waals surface area contributed by atoms with E-state index in [4.69, 9.17) is 5.11 Å². The third kappa shape index (κ3) is 3.17. The summed E-state index contributed by atoms with van der Waals surface area (Å²) < 4.78 is 38.1. The van der Waals surface area contributed by atoms with Crippen molar-refractivity contribution in [3.05, 3.63) is 36.0 Å². The molecule has 2 aromatic rings. The molecule has 0 fully saturated rings. The largest absolute Gasteiger partial charge is 0.481 e. The Bertz CT molecular complexity index is 628. The van der Waals surface area contributed by atoms with E-state index >= 15 is 0 Å². The number of carbonyl (C=O) groups is 1. The molecular weight excluding hydrogens is 279 g/mol. The van der Waals surface area contributed by atoms with Gasteiger partial charge in [-0.1, -0.05) is 18.2 Å². The Morgan fingerprint density at radius 3 is 2.63 bits per heavy atom. The molecule has 0 radical (unpaired) electrons. The fraction of sp³-hybridized carbons (Fsp3) is 0.167. The van der Waals surface area contributed by atoms with E-state index in [1.54, 1.807) is 18.2 Å². The molecule has 19 heavy (non-hydrogen) atoms. The number of aromatic nitrogens is 1. The van der Waals surface area contributed by atoms with Crippen molar-refractivity contribution in [1.82, 2.24) is 4.98 Å². The molecule has 0 spiro atoms. The third-order valence-electron chi connectivity index (χ3n) is 2.32. The maximum Gasteiger partial charge on any atom is 0.433 e. The average molecular weight is 287 g/mol. The third-order valence-corrected chi connectivity index (χ3v) is 3.36. The first-order valence-electron chi connectivity index (χ1n) is 5.19. The Morgan fingerprint density at radius 1 is 1.32 bits per heavy atom. The van der Waals surface area contributed by atoms with E-state index in [1.165, 1.54) is 6.07 Å². The van der Waals surface area contributed by atoms with Gasteiger partial charge in [0.15, 0.2) is 0 Å². The number of rotatable bonds is 3. The molecule has 1 aromatic carbocycles. The summed E-state index contributed by atoms with van der Waals surface area (Å²) in [7, 11) is 0. The molecule has 0 bridgehead atoms. The van der Waals surface area contributed by atoms with E-state index < -0.39 is 17.8 Å². The molecular formula is C12H8F3NO2S. The Kier molecular flexibility index (Phi) is 3.66. The minimum Gasteiger partial charge on any atom is -0.481 e. The summed E-state index contributed by atoms with van der Waals surface area (Å²) in [6.07, 6.45) is -4.55. The van der Waals surface area contributed by atoms with Crippen molar-refractivity contribution in [2.75, 3.05) is 5.75 Å². The van der Waals surface area contributed by atoms with Crippen LogP contribution in [0.2, 0.25) is 0 Å². The van der Waals surface area contributed by atoms with Crippen molar-refractivity contribution in [3.8, 4) is 0 Å². The molecule has 1 aromatic heterocycles. The number of carboxylic acids is 1. The van der Waals surface area contributed by atoms with Crippen molar-refractivity contribution >= 4 is 28.6 Å². The van der Waals surface area contributed by atoms with Crippen LogP contribution >= 0.6 is 11.8 Å². The van der Waals surface area contributed by atoms with Crippen LogP contribution in [0.5, 0.6) is 0 Å². The highest BCUT2D eigenvalue weighted by Gasteiger charge is 2.33. The second-order valence-electron chi connectivity index (χ2n) is 3.70. The standard InChI is InChI=1S/C12H8F3NO2S/c13-12(14,15)10-5-9(19-6-11(17)18)7-3-1-2-4-8(7)16-10/h1-5H,6H2,(H,17,18). The second kappa shape index (κ2) is 5.08. The summed E-state index contributed by atoms with van der Waals surface area (Å²) in [6, 6.07) is 7.22. The monoisotopic (exact) mass is 287 g/mol. The van der Waals surface area contributed by atoms with Gasteiger partial charge in [-0.25, -0.2) is 4.98 Å². The van der Waals surface area contributed by atoms with Crippen LogP contribution in [0.1, 0.15) is 5.69 Å². The molecule has 3 nitrogen and oxygen atoms in total. The summed E-state index contributed by atoms with van der Waals surface area (Å²) in [4.78, 5) is 14.3. The van der Waals surface area contributed by atoms with E-state index in [0.717, 1.165) is 17.8 Å². The zero-order valence-electron chi connectivity index (χ0n) is 9.44. The van der Waals surface area contributed by atoms with E-state index in [2.05, 4.69) is 4.98 Å².